The van der Waals surface area contributed by atoms with Crippen LogP contribution in [0.3, 0.4) is 0 Å². The van der Waals surface area contributed by atoms with Gasteiger partial charge in [0.2, 0.25) is 12.0 Å². The highest BCUT2D eigenvalue weighted by Gasteiger charge is 2.31. The largest absolute Gasteiger partial charge is 0.493 e. The molecule has 1 aliphatic rings. The van der Waals surface area contributed by atoms with Gasteiger partial charge in [-0.2, -0.15) is 0 Å². The Kier molecular flexibility index (Phi) is 8.65. The summed E-state index contributed by atoms with van der Waals surface area (Å²) in [6.45, 7) is 3.83. The number of rotatable bonds is 8. The number of nitrogens with zero attached hydrogens (tertiary/aromatic N) is 3. The number of amides is 2. The Hall–Kier alpha value is -4.54. The number of fused-ring (bicyclic) bond motifs is 1. The quantitative estimate of drug-likeness (QED) is 0.253. The van der Waals surface area contributed by atoms with Crippen LogP contribution in [-0.4, -0.2) is 40.3 Å². The van der Waals surface area contributed by atoms with Gasteiger partial charge in [-0.15, -0.1) is 0 Å². The van der Waals surface area contributed by atoms with E-state index in [1.807, 2.05) is 0 Å². The fraction of sp³-hybridized carbons (Fsp3) is 0.167. The first-order valence-corrected chi connectivity index (χ1v) is 13.6. The number of pyridine rings is 2. The van der Waals surface area contributed by atoms with Crippen molar-refractivity contribution >= 4 is 46.4 Å². The Morgan fingerprint density at radius 1 is 1.12 bits per heavy atom. The van der Waals surface area contributed by atoms with Crippen LogP contribution in [0.25, 0.3) is 0 Å². The highest BCUT2D eigenvalue weighted by atomic mass is 35.5. The molecule has 12 heteroatoms. The van der Waals surface area contributed by atoms with E-state index < -0.39 is 29.9 Å². The molecular formula is C30H24Cl2FN5O4. The van der Waals surface area contributed by atoms with Crippen LogP contribution in [0, 0.1) is 5.82 Å². The van der Waals surface area contributed by atoms with Gasteiger partial charge in [-0.3, -0.25) is 14.6 Å². The first kappa shape index (κ1) is 29.0. The fourth-order valence-corrected chi connectivity index (χ4v) is 4.90. The third-order valence-corrected chi connectivity index (χ3v) is 6.74. The van der Waals surface area contributed by atoms with Crippen molar-refractivity contribution in [1.29, 1.82) is 0 Å². The van der Waals surface area contributed by atoms with Crippen LogP contribution in [0.15, 0.2) is 78.0 Å². The van der Waals surface area contributed by atoms with E-state index in [0.29, 0.717) is 39.9 Å². The predicted octanol–water partition coefficient (Wildman–Crippen LogP) is 6.01. The molecule has 0 saturated carbocycles. The lowest BCUT2D eigenvalue weighted by Gasteiger charge is -2.18. The molecule has 0 saturated heterocycles. The minimum atomic E-state index is -1.45. The molecule has 2 aromatic carbocycles. The standard InChI is InChI=1S/C30H24Cl2FN5O4/c1-3-41-24-13-17(31)12-21(32)25(24)26-19-8-4-5-10-23(19)36-29(40)27(37-26)38-28(39)20-14-18(33)15-35-30(20)42-16(2)22-9-6-7-11-34-22/h4-16,27H,3H2,1-2H3,(H,36,40)(H,38,39). The highest BCUT2D eigenvalue weighted by molar-refractivity contribution is 6.39. The second-order valence-corrected chi connectivity index (χ2v) is 9.95. The van der Waals surface area contributed by atoms with E-state index in [-0.39, 0.29) is 22.2 Å². The van der Waals surface area contributed by atoms with Gasteiger partial charge in [-0.05, 0) is 50.2 Å². The maximum atomic E-state index is 14.3. The van der Waals surface area contributed by atoms with Gasteiger partial charge in [0.25, 0.3) is 11.8 Å². The minimum absolute atomic E-state index is 0.145. The minimum Gasteiger partial charge on any atom is -0.493 e. The van der Waals surface area contributed by atoms with Gasteiger partial charge in [0.1, 0.15) is 23.2 Å². The Morgan fingerprint density at radius 2 is 1.90 bits per heavy atom. The van der Waals surface area contributed by atoms with Gasteiger partial charge < -0.3 is 20.1 Å². The van der Waals surface area contributed by atoms with Gasteiger partial charge >= 0.3 is 0 Å². The fourth-order valence-electron chi connectivity index (χ4n) is 4.33. The van der Waals surface area contributed by atoms with Crippen molar-refractivity contribution in [2.24, 2.45) is 4.99 Å². The van der Waals surface area contributed by atoms with Crippen LogP contribution in [-0.2, 0) is 4.79 Å². The number of ether oxygens (including phenoxy) is 2. The van der Waals surface area contributed by atoms with Crippen LogP contribution in [0.2, 0.25) is 10.0 Å². The van der Waals surface area contributed by atoms with Crippen LogP contribution in [0.1, 0.15) is 47.1 Å². The normalized spacial score (nSPS) is 15.0. The maximum absolute atomic E-state index is 14.3. The van der Waals surface area contributed by atoms with Gasteiger partial charge in [-0.25, -0.2) is 14.4 Å². The zero-order valence-corrected chi connectivity index (χ0v) is 23.9. The number of hydrogen-bond acceptors (Lipinski definition) is 7. The molecule has 9 nitrogen and oxygen atoms in total. The summed E-state index contributed by atoms with van der Waals surface area (Å²) in [7, 11) is 0. The Balaban J connectivity index is 1.54. The zero-order chi connectivity index (χ0) is 29.8. The number of halogens is 3. The summed E-state index contributed by atoms with van der Waals surface area (Å²) >= 11 is 12.9. The molecular weight excluding hydrogens is 584 g/mol. The molecule has 0 spiro atoms. The Labute approximate surface area is 250 Å². The van der Waals surface area contributed by atoms with Crippen LogP contribution >= 0.6 is 23.2 Å². The third kappa shape index (κ3) is 6.19. The summed E-state index contributed by atoms with van der Waals surface area (Å²) in [6.07, 6.45) is 0.467. The second-order valence-electron chi connectivity index (χ2n) is 9.10. The molecule has 1 aliphatic heterocycles. The van der Waals surface area contributed by atoms with E-state index in [9.17, 15) is 14.0 Å². The number of aliphatic imine (C=N–C) groups is 1. The monoisotopic (exact) mass is 607 g/mol. The van der Waals surface area contributed by atoms with Crippen molar-refractivity contribution < 1.29 is 23.5 Å². The van der Waals surface area contributed by atoms with Crippen molar-refractivity contribution in [1.82, 2.24) is 15.3 Å². The average Bonchev–Trinajstić information content (AvgIpc) is 3.10. The lowest BCUT2D eigenvalue weighted by molar-refractivity contribution is -0.117. The maximum Gasteiger partial charge on any atom is 0.269 e. The summed E-state index contributed by atoms with van der Waals surface area (Å²) < 4.78 is 26.0. The molecule has 2 N–H and O–H groups in total. The molecule has 0 aliphatic carbocycles. The summed E-state index contributed by atoms with van der Waals surface area (Å²) in [6, 6.07) is 16.3. The van der Waals surface area contributed by atoms with E-state index in [2.05, 4.69) is 25.6 Å². The third-order valence-electron chi connectivity index (χ3n) is 6.22. The molecule has 0 radical (unpaired) electrons. The molecule has 3 heterocycles. The second kappa shape index (κ2) is 12.5. The smallest absolute Gasteiger partial charge is 0.269 e. The van der Waals surface area contributed by atoms with Gasteiger partial charge in [-0.1, -0.05) is 47.5 Å². The lowest BCUT2D eigenvalue weighted by atomic mass is 9.99. The number of benzodiazepines with no additional fused rings is 1. The van der Waals surface area contributed by atoms with Crippen LogP contribution in [0.5, 0.6) is 11.6 Å². The molecule has 5 rings (SSSR count). The summed E-state index contributed by atoms with van der Waals surface area (Å²) in [5.74, 6) is -2.05. The molecule has 0 fully saturated rings. The number of carbonyl (C=O) groups excluding carboxylic acids is 2. The molecule has 2 atom stereocenters. The van der Waals surface area contributed by atoms with Gasteiger partial charge in [0, 0.05) is 16.8 Å². The molecule has 0 bridgehead atoms. The van der Waals surface area contributed by atoms with E-state index in [1.165, 1.54) is 6.07 Å². The number of carbonyl (C=O) groups is 2. The van der Waals surface area contributed by atoms with E-state index >= 15 is 0 Å². The van der Waals surface area contributed by atoms with Crippen molar-refractivity contribution in [3.63, 3.8) is 0 Å². The van der Waals surface area contributed by atoms with Gasteiger partial charge in [0.05, 0.1) is 40.5 Å². The van der Waals surface area contributed by atoms with E-state index in [4.69, 9.17) is 32.7 Å². The molecule has 2 amide bonds. The SMILES string of the molecule is CCOc1cc(Cl)cc(Cl)c1C1=NC(NC(=O)c2cc(F)cnc2OC(C)c2ccccn2)C(=O)Nc2ccccc21. The number of nitrogens with one attached hydrogen (secondary N) is 2. The Morgan fingerprint density at radius 3 is 2.67 bits per heavy atom. The van der Waals surface area contributed by atoms with Crippen molar-refractivity contribution in [3.8, 4) is 11.6 Å². The van der Waals surface area contributed by atoms with Gasteiger partial charge in [0.15, 0.2) is 0 Å². The van der Waals surface area contributed by atoms with E-state index in [0.717, 1.165) is 12.3 Å². The van der Waals surface area contributed by atoms with Crippen LogP contribution in [0.4, 0.5) is 10.1 Å². The number of anilines is 1. The van der Waals surface area contributed by atoms with Crippen molar-refractivity contribution in [2.45, 2.75) is 26.1 Å². The van der Waals surface area contributed by atoms with E-state index in [1.54, 1.807) is 68.6 Å². The average molecular weight is 608 g/mol. The van der Waals surface area contributed by atoms with Crippen LogP contribution < -0.4 is 20.1 Å². The van der Waals surface area contributed by atoms with Crippen molar-refractivity contribution in [2.75, 3.05) is 11.9 Å². The summed E-state index contributed by atoms with van der Waals surface area (Å²) in [4.78, 5) is 39.7. The topological polar surface area (TPSA) is 115 Å². The first-order chi connectivity index (χ1) is 20.2. The van der Waals surface area contributed by atoms with Crippen molar-refractivity contribution in [3.05, 3.63) is 111 Å². The molecule has 4 aromatic rings. The molecule has 2 aromatic heterocycles. The summed E-state index contributed by atoms with van der Waals surface area (Å²) in [5, 5.41) is 5.93. The molecule has 214 valence electrons. The highest BCUT2D eigenvalue weighted by Crippen LogP contribution is 2.36. The Bertz CT molecular complexity index is 1690. The number of benzene rings is 2. The molecule has 42 heavy (non-hydrogen) atoms. The number of para-hydroxylation sites is 1. The number of hydrogen-bond donors (Lipinski definition) is 2. The zero-order valence-electron chi connectivity index (χ0n) is 22.4. The number of aromatic nitrogens is 2. The molecule has 2 unspecified atom stereocenters. The lowest BCUT2D eigenvalue weighted by Crippen LogP contribution is -2.42. The first-order valence-electron chi connectivity index (χ1n) is 12.9. The predicted molar refractivity (Wildman–Crippen MR) is 157 cm³/mol. The summed E-state index contributed by atoms with van der Waals surface area (Å²) in [5.41, 5.74) is 1.97.